The summed E-state index contributed by atoms with van der Waals surface area (Å²) >= 11 is 0. The van der Waals surface area contributed by atoms with Gasteiger partial charge in [0.2, 0.25) is 0 Å². The van der Waals surface area contributed by atoms with Crippen LogP contribution in [0, 0.1) is 12.1 Å². The number of imidazole rings is 2. The molecule has 0 spiro atoms. The van der Waals surface area contributed by atoms with Crippen LogP contribution in [0.2, 0.25) is 0 Å². The second kappa shape index (κ2) is 14.6. The molecule has 0 aliphatic heterocycles. The van der Waals surface area contributed by atoms with Crippen molar-refractivity contribution in [3.63, 3.8) is 0 Å². The molecule has 6 rings (SSSR count). The molecule has 0 unspecified atom stereocenters. The Morgan fingerprint density at radius 3 is 1.51 bits per heavy atom. The Morgan fingerprint density at radius 1 is 0.638 bits per heavy atom. The summed E-state index contributed by atoms with van der Waals surface area (Å²) in [6.07, 6.45) is 9.66. The molecular weight excluding hydrogens is 760 g/mol. The fourth-order valence-corrected chi connectivity index (χ4v) is 6.17. The molecule has 2 heterocycles. The third kappa shape index (κ3) is 6.87. The van der Waals surface area contributed by atoms with E-state index in [1.807, 2.05) is 49.3 Å². The number of hydrogen-bond donors (Lipinski definition) is 0. The van der Waals surface area contributed by atoms with E-state index in [1.54, 1.807) is 12.1 Å². The quantitative estimate of drug-likeness (QED) is 0.103. The van der Waals surface area contributed by atoms with Crippen LogP contribution >= 0.6 is 0 Å². The van der Waals surface area contributed by atoms with Crippen molar-refractivity contribution in [2.45, 2.75) is 66.2 Å². The number of aryl methyl sites for hydroxylation is 2. The fourth-order valence-electron chi connectivity index (χ4n) is 6.17. The topological polar surface area (TPSA) is 52.7 Å². The minimum Gasteiger partial charge on any atom is -0.336 e. The average molecular weight is 800 g/mol. The Bertz CT molecular complexity index is 1970. The van der Waals surface area contributed by atoms with Crippen molar-refractivity contribution in [2.75, 3.05) is 0 Å². The van der Waals surface area contributed by atoms with Crippen LogP contribution in [0.1, 0.15) is 91.6 Å². The third-order valence-electron chi connectivity index (χ3n) is 8.62. The molecule has 0 saturated heterocycles. The molecule has 5 nitrogen and oxygen atoms in total. The molecule has 0 fully saturated rings. The van der Waals surface area contributed by atoms with Gasteiger partial charge < -0.3 is 13.9 Å². The molecule has 6 aromatic rings. The number of nitrogens with zero attached hydrogens (tertiary/aromatic N) is 4. The van der Waals surface area contributed by atoms with Crippen LogP contribution in [-0.2, 0) is 33.9 Å². The Balaban J connectivity index is 0.00000433. The smallest absolute Gasteiger partial charge is 0.336 e. The van der Waals surface area contributed by atoms with Crippen LogP contribution in [0.4, 0.5) is 0 Å². The van der Waals surface area contributed by atoms with Crippen LogP contribution in [0.5, 0.6) is 0 Å². The zero-order chi connectivity index (χ0) is 32.4. The van der Waals surface area contributed by atoms with Gasteiger partial charge in [0, 0.05) is 23.8 Å². The number of carbonyl (C=O) groups excluding carboxylic acids is 1. The van der Waals surface area contributed by atoms with Crippen molar-refractivity contribution in [2.24, 2.45) is 0 Å². The molecule has 0 atom stereocenters. The van der Waals surface area contributed by atoms with Crippen molar-refractivity contribution in [3.05, 3.63) is 143 Å². The summed E-state index contributed by atoms with van der Waals surface area (Å²) in [7, 11) is 0. The number of rotatable bonds is 10. The van der Waals surface area contributed by atoms with Crippen LogP contribution in [0.3, 0.4) is 0 Å². The zero-order valence-electron chi connectivity index (χ0n) is 27.8. The van der Waals surface area contributed by atoms with E-state index in [9.17, 15) is 4.79 Å². The summed E-state index contributed by atoms with van der Waals surface area (Å²) in [5.74, 6) is 0.599. The van der Waals surface area contributed by atoms with E-state index in [1.165, 1.54) is 33.6 Å². The number of ketones is 1. The second-order valence-corrected chi connectivity index (χ2v) is 12.3. The predicted octanol–water partition coefficient (Wildman–Crippen LogP) is 9.59. The minimum absolute atomic E-state index is 0. The maximum atomic E-state index is 13.8. The van der Waals surface area contributed by atoms with E-state index in [0.717, 1.165) is 35.4 Å². The summed E-state index contributed by atoms with van der Waals surface area (Å²) < 4.78 is 4.20. The molecule has 0 bridgehead atoms. The van der Waals surface area contributed by atoms with Crippen LogP contribution < -0.4 is 0 Å². The maximum Gasteiger partial charge on any atom is 2.00 e. The van der Waals surface area contributed by atoms with Crippen molar-refractivity contribution < 1.29 is 25.9 Å². The minimum atomic E-state index is -0.139. The van der Waals surface area contributed by atoms with E-state index in [4.69, 9.17) is 9.97 Å². The molecule has 47 heavy (non-hydrogen) atoms. The van der Waals surface area contributed by atoms with Crippen LogP contribution in [0.15, 0.2) is 97.8 Å². The summed E-state index contributed by atoms with van der Waals surface area (Å²) in [4.78, 5) is 23.2. The fraction of sp³-hybridized carbons (Fsp3) is 0.244. The Morgan fingerprint density at radius 2 is 1.06 bits per heavy atom. The number of benzene rings is 4. The number of aromatic nitrogens is 4. The summed E-state index contributed by atoms with van der Waals surface area (Å²) in [6.45, 7) is 13.2. The van der Waals surface area contributed by atoms with Gasteiger partial charge in [0.25, 0.3) is 0 Å². The van der Waals surface area contributed by atoms with E-state index >= 15 is 0 Å². The van der Waals surface area contributed by atoms with E-state index in [0.29, 0.717) is 23.0 Å². The van der Waals surface area contributed by atoms with Gasteiger partial charge in [-0.25, -0.2) is 0 Å². The molecule has 0 radical (unpaired) electrons. The first kappa shape index (κ1) is 34.0. The number of carbonyl (C=O) groups is 1. The van der Waals surface area contributed by atoms with Gasteiger partial charge in [-0.15, -0.1) is 48.5 Å². The summed E-state index contributed by atoms with van der Waals surface area (Å²) in [5.41, 5.74) is 11.5. The van der Waals surface area contributed by atoms with E-state index < -0.39 is 0 Å². The van der Waals surface area contributed by atoms with Crippen LogP contribution in [-0.4, -0.2) is 24.9 Å². The molecule has 0 aliphatic rings. The number of hydrogen-bond acceptors (Lipinski definition) is 3. The molecule has 0 aliphatic carbocycles. The van der Waals surface area contributed by atoms with Gasteiger partial charge in [-0.2, -0.15) is 0 Å². The molecule has 4 aromatic carbocycles. The average Bonchev–Trinajstić information content (AvgIpc) is 3.78. The standard InChI is InChI=1S/C41H40N4O.Pt/c1-7-29-13-9-14-30(8-2)39(29)44-23-37(42-25-44)31-15-10-17-33(21-31)41(46)34-18-11-16-32(22-34)38-24-45(26-43-38)40-35(27(3)4)19-12-20-36(40)28(5)6;/h9-20,23-28H,7-8H2,1-6H3;/q-2;+2. The van der Waals surface area contributed by atoms with Crippen molar-refractivity contribution >= 4 is 5.78 Å². The molecule has 6 heteroatoms. The molecule has 0 amide bonds. The van der Waals surface area contributed by atoms with Gasteiger partial charge in [-0.1, -0.05) is 100 Å². The Kier molecular flexibility index (Phi) is 10.6. The zero-order valence-corrected chi connectivity index (χ0v) is 30.1. The van der Waals surface area contributed by atoms with Gasteiger partial charge in [0.1, 0.15) is 5.78 Å². The first-order chi connectivity index (χ1) is 22.3. The van der Waals surface area contributed by atoms with Crippen molar-refractivity contribution in [1.82, 2.24) is 19.1 Å². The third-order valence-corrected chi connectivity index (χ3v) is 8.62. The van der Waals surface area contributed by atoms with Gasteiger partial charge in [0.05, 0.1) is 24.0 Å². The Labute approximate surface area is 293 Å². The van der Waals surface area contributed by atoms with Crippen LogP contribution in [0.25, 0.3) is 33.9 Å². The van der Waals surface area contributed by atoms with E-state index in [2.05, 4.69) is 99.2 Å². The van der Waals surface area contributed by atoms with Crippen molar-refractivity contribution in [3.8, 4) is 33.9 Å². The molecule has 0 saturated carbocycles. The summed E-state index contributed by atoms with van der Waals surface area (Å²) in [5, 5.41) is 0. The van der Waals surface area contributed by atoms with Gasteiger partial charge in [0.15, 0.2) is 0 Å². The van der Waals surface area contributed by atoms with E-state index in [-0.39, 0.29) is 26.8 Å². The first-order valence-corrected chi connectivity index (χ1v) is 16.2. The molecule has 2 aromatic heterocycles. The molecule has 240 valence electrons. The summed E-state index contributed by atoms with van der Waals surface area (Å²) in [6, 6.07) is 30.9. The second-order valence-electron chi connectivity index (χ2n) is 12.3. The predicted molar refractivity (Wildman–Crippen MR) is 186 cm³/mol. The monoisotopic (exact) mass is 799 g/mol. The SMILES string of the molecule is CCc1cccc(CC)c1-n1cnc(-c2[c-]c(C(=O)c3[c-]c(-c4cn(-c5c(C(C)C)cccc5C(C)C)cn4)ccc3)ccc2)c1.[Pt+2]. The van der Waals surface area contributed by atoms with Gasteiger partial charge in [-0.3, -0.25) is 9.97 Å². The molecule has 0 N–H and O–H groups in total. The number of para-hydroxylation sites is 2. The van der Waals surface area contributed by atoms with Crippen molar-refractivity contribution in [1.29, 1.82) is 0 Å². The maximum absolute atomic E-state index is 13.8. The molecular formula is C41H40N4OPt. The van der Waals surface area contributed by atoms with Gasteiger partial charge in [-0.05, 0) is 46.9 Å². The Hall–Kier alpha value is -4.34. The first-order valence-electron chi connectivity index (χ1n) is 16.2. The normalized spacial score (nSPS) is 11.2. The van der Waals surface area contributed by atoms with Gasteiger partial charge >= 0.3 is 21.1 Å². The largest absolute Gasteiger partial charge is 2.00 e.